The van der Waals surface area contributed by atoms with E-state index < -0.39 is 5.97 Å². The van der Waals surface area contributed by atoms with Crippen molar-refractivity contribution in [2.75, 3.05) is 13.1 Å². The first kappa shape index (κ1) is 17.1. The number of hydrogen-bond acceptors (Lipinski definition) is 4. The van der Waals surface area contributed by atoms with Gasteiger partial charge in [0.2, 0.25) is 0 Å². The first-order valence-electron chi connectivity index (χ1n) is 8.95. The Balaban J connectivity index is 1.56. The van der Waals surface area contributed by atoms with Crippen LogP contribution in [0.5, 0.6) is 0 Å². The Morgan fingerprint density at radius 1 is 1.00 bits per heavy atom. The van der Waals surface area contributed by atoms with Gasteiger partial charge in [0.15, 0.2) is 0 Å². The number of benzene rings is 2. The van der Waals surface area contributed by atoms with Crippen molar-refractivity contribution in [1.82, 2.24) is 14.9 Å². The molecule has 0 bridgehead atoms. The van der Waals surface area contributed by atoms with Crippen LogP contribution in [0.3, 0.4) is 0 Å². The maximum absolute atomic E-state index is 13.0. The first-order valence-corrected chi connectivity index (χ1v) is 8.95. The lowest BCUT2D eigenvalue weighted by atomic mass is 9.89. The van der Waals surface area contributed by atoms with E-state index in [1.165, 1.54) is 0 Å². The Hall–Kier alpha value is -3.28. The van der Waals surface area contributed by atoms with Gasteiger partial charge in [-0.15, -0.1) is 0 Å². The zero-order valence-electron chi connectivity index (χ0n) is 14.7. The lowest BCUT2D eigenvalue weighted by Crippen LogP contribution is -2.39. The molecule has 1 aliphatic rings. The van der Waals surface area contributed by atoms with Gasteiger partial charge in [0.05, 0.1) is 16.6 Å². The number of hydrogen-bond donors (Lipinski definition) is 1. The molecule has 1 N–H and O–H groups in total. The van der Waals surface area contributed by atoms with Crippen molar-refractivity contribution >= 4 is 22.9 Å². The average Bonchev–Trinajstić information content (AvgIpc) is 2.73. The SMILES string of the molecule is O=C(O)c1cccc([C@H]2CCCN(C(=O)c3ccc4nccnc4c3)C2)c1. The predicted molar refractivity (Wildman–Crippen MR) is 101 cm³/mol. The molecule has 1 aromatic heterocycles. The van der Waals surface area contributed by atoms with Crippen molar-refractivity contribution in [2.24, 2.45) is 0 Å². The second kappa shape index (κ2) is 7.15. The Labute approximate surface area is 156 Å². The molecule has 27 heavy (non-hydrogen) atoms. The largest absolute Gasteiger partial charge is 0.478 e. The highest BCUT2D eigenvalue weighted by molar-refractivity contribution is 5.97. The fourth-order valence-electron chi connectivity index (χ4n) is 3.64. The molecule has 0 radical (unpaired) electrons. The minimum Gasteiger partial charge on any atom is -0.478 e. The van der Waals surface area contributed by atoms with E-state index in [1.54, 1.807) is 42.7 Å². The van der Waals surface area contributed by atoms with E-state index in [2.05, 4.69) is 9.97 Å². The van der Waals surface area contributed by atoms with Crippen LogP contribution < -0.4 is 0 Å². The van der Waals surface area contributed by atoms with Crippen molar-refractivity contribution in [3.05, 3.63) is 71.5 Å². The molecule has 2 aromatic carbocycles. The van der Waals surface area contributed by atoms with Crippen LogP contribution in [0.25, 0.3) is 11.0 Å². The average molecular weight is 361 g/mol. The lowest BCUT2D eigenvalue weighted by Gasteiger charge is -2.33. The van der Waals surface area contributed by atoms with Gasteiger partial charge in [-0.1, -0.05) is 12.1 Å². The molecular weight excluding hydrogens is 342 g/mol. The number of rotatable bonds is 3. The number of carbonyl (C=O) groups excluding carboxylic acids is 1. The molecule has 1 fully saturated rings. The van der Waals surface area contributed by atoms with E-state index in [0.717, 1.165) is 23.9 Å². The summed E-state index contributed by atoms with van der Waals surface area (Å²) in [7, 11) is 0. The number of likely N-dealkylation sites (tertiary alicyclic amines) is 1. The van der Waals surface area contributed by atoms with E-state index in [9.17, 15) is 14.7 Å². The summed E-state index contributed by atoms with van der Waals surface area (Å²) >= 11 is 0. The van der Waals surface area contributed by atoms with Crippen LogP contribution in [-0.2, 0) is 0 Å². The van der Waals surface area contributed by atoms with Gasteiger partial charge >= 0.3 is 5.97 Å². The van der Waals surface area contributed by atoms with Gasteiger partial charge in [-0.2, -0.15) is 0 Å². The highest BCUT2D eigenvalue weighted by atomic mass is 16.4. The number of carboxylic acid groups (broad SMARTS) is 1. The number of carboxylic acids is 1. The Bertz CT molecular complexity index is 1020. The molecule has 2 heterocycles. The van der Waals surface area contributed by atoms with E-state index in [-0.39, 0.29) is 17.4 Å². The normalized spacial score (nSPS) is 17.0. The van der Waals surface area contributed by atoms with Gasteiger partial charge in [-0.05, 0) is 48.7 Å². The van der Waals surface area contributed by atoms with Gasteiger partial charge in [0.25, 0.3) is 5.91 Å². The van der Waals surface area contributed by atoms with Crippen LogP contribution in [0.4, 0.5) is 0 Å². The van der Waals surface area contributed by atoms with Gasteiger partial charge < -0.3 is 10.0 Å². The zero-order valence-corrected chi connectivity index (χ0v) is 14.7. The van der Waals surface area contributed by atoms with Crippen LogP contribution >= 0.6 is 0 Å². The highest BCUT2D eigenvalue weighted by Crippen LogP contribution is 2.28. The molecule has 0 aliphatic carbocycles. The molecule has 1 aliphatic heterocycles. The summed E-state index contributed by atoms with van der Waals surface area (Å²) in [5.74, 6) is -0.818. The van der Waals surface area contributed by atoms with Crippen molar-refractivity contribution in [3.8, 4) is 0 Å². The Kier molecular flexibility index (Phi) is 4.54. The van der Waals surface area contributed by atoms with E-state index in [0.29, 0.717) is 24.2 Å². The third-order valence-electron chi connectivity index (χ3n) is 5.03. The van der Waals surface area contributed by atoms with Gasteiger partial charge in [-0.25, -0.2) is 4.79 Å². The standard InChI is InChI=1S/C21H19N3O3/c25-20(15-6-7-18-19(12-15)23-9-8-22-18)24-10-2-5-17(13-24)14-3-1-4-16(11-14)21(26)27/h1,3-4,6-9,11-12,17H,2,5,10,13H2,(H,26,27)/t17-/m0/s1. The van der Waals surface area contributed by atoms with Gasteiger partial charge in [-0.3, -0.25) is 14.8 Å². The van der Waals surface area contributed by atoms with E-state index in [1.807, 2.05) is 17.0 Å². The minimum absolute atomic E-state index is 0.0263. The van der Waals surface area contributed by atoms with E-state index in [4.69, 9.17) is 0 Å². The third kappa shape index (κ3) is 3.51. The Morgan fingerprint density at radius 3 is 2.63 bits per heavy atom. The number of amides is 1. The molecular formula is C21H19N3O3. The molecule has 1 atom stereocenters. The number of nitrogens with zero attached hydrogens (tertiary/aromatic N) is 3. The number of fused-ring (bicyclic) bond motifs is 1. The summed E-state index contributed by atoms with van der Waals surface area (Å²) in [6, 6.07) is 12.4. The number of aromatic nitrogens is 2. The summed E-state index contributed by atoms with van der Waals surface area (Å²) in [4.78, 5) is 34.6. The number of carbonyl (C=O) groups is 2. The second-order valence-electron chi connectivity index (χ2n) is 6.78. The fraction of sp³-hybridized carbons (Fsp3) is 0.238. The second-order valence-corrected chi connectivity index (χ2v) is 6.78. The molecule has 1 amide bonds. The van der Waals surface area contributed by atoms with Crippen LogP contribution in [0.1, 0.15) is 45.0 Å². The maximum Gasteiger partial charge on any atom is 0.335 e. The van der Waals surface area contributed by atoms with Crippen LogP contribution in [-0.4, -0.2) is 44.9 Å². The van der Waals surface area contributed by atoms with Crippen molar-refractivity contribution in [2.45, 2.75) is 18.8 Å². The third-order valence-corrected chi connectivity index (χ3v) is 5.03. The summed E-state index contributed by atoms with van der Waals surface area (Å²) in [5.41, 5.74) is 3.31. The smallest absolute Gasteiger partial charge is 0.335 e. The molecule has 0 unspecified atom stereocenters. The first-order chi connectivity index (χ1) is 13.1. The highest BCUT2D eigenvalue weighted by Gasteiger charge is 2.26. The topological polar surface area (TPSA) is 83.4 Å². The Morgan fingerprint density at radius 2 is 1.81 bits per heavy atom. The van der Waals surface area contributed by atoms with Gasteiger partial charge in [0.1, 0.15) is 0 Å². The predicted octanol–water partition coefficient (Wildman–Crippen LogP) is 3.35. The quantitative estimate of drug-likeness (QED) is 0.773. The monoisotopic (exact) mass is 361 g/mol. The summed E-state index contributed by atoms with van der Waals surface area (Å²) < 4.78 is 0. The van der Waals surface area contributed by atoms with Gasteiger partial charge in [0, 0.05) is 37.0 Å². The zero-order chi connectivity index (χ0) is 18.8. The van der Waals surface area contributed by atoms with Crippen LogP contribution in [0.15, 0.2) is 54.9 Å². The van der Waals surface area contributed by atoms with E-state index >= 15 is 0 Å². The molecule has 6 heteroatoms. The molecule has 6 nitrogen and oxygen atoms in total. The fourth-order valence-corrected chi connectivity index (χ4v) is 3.64. The molecule has 0 saturated carbocycles. The lowest BCUT2D eigenvalue weighted by molar-refractivity contribution is 0.0688. The van der Waals surface area contributed by atoms with Crippen molar-refractivity contribution < 1.29 is 14.7 Å². The molecule has 3 aromatic rings. The summed E-state index contributed by atoms with van der Waals surface area (Å²) in [6.07, 6.45) is 5.07. The van der Waals surface area contributed by atoms with Crippen molar-refractivity contribution in [1.29, 1.82) is 0 Å². The summed E-state index contributed by atoms with van der Waals surface area (Å²) in [6.45, 7) is 1.28. The summed E-state index contributed by atoms with van der Waals surface area (Å²) in [5, 5.41) is 9.21. The minimum atomic E-state index is -0.933. The molecule has 0 spiro atoms. The molecule has 136 valence electrons. The maximum atomic E-state index is 13.0. The molecule has 1 saturated heterocycles. The van der Waals surface area contributed by atoms with Crippen LogP contribution in [0.2, 0.25) is 0 Å². The van der Waals surface area contributed by atoms with Crippen molar-refractivity contribution in [3.63, 3.8) is 0 Å². The molecule has 4 rings (SSSR count). The number of aromatic carboxylic acids is 1. The van der Waals surface area contributed by atoms with Crippen LogP contribution in [0, 0.1) is 0 Å². The number of piperidine rings is 1.